The summed E-state index contributed by atoms with van der Waals surface area (Å²) in [6.45, 7) is 0.339. The van der Waals surface area contributed by atoms with E-state index in [4.69, 9.17) is 5.11 Å². The molecule has 1 fully saturated rings. The maximum absolute atomic E-state index is 11.6. The van der Waals surface area contributed by atoms with Crippen LogP contribution in [0.2, 0.25) is 0 Å². The van der Waals surface area contributed by atoms with Crippen LogP contribution < -0.4 is 10.6 Å². The number of hydrogen-bond acceptors (Lipinski definition) is 3. The zero-order valence-electron chi connectivity index (χ0n) is 10.8. The number of carboxylic acids is 1. The summed E-state index contributed by atoms with van der Waals surface area (Å²) < 4.78 is 1.64. The summed E-state index contributed by atoms with van der Waals surface area (Å²) >= 11 is 0. The van der Waals surface area contributed by atoms with Crippen LogP contribution in [0.1, 0.15) is 37.3 Å². The van der Waals surface area contributed by atoms with Gasteiger partial charge in [-0.2, -0.15) is 5.10 Å². The predicted molar refractivity (Wildman–Crippen MR) is 69.1 cm³/mol. The molecular weight excluding hydrogens is 248 g/mol. The van der Waals surface area contributed by atoms with Crippen molar-refractivity contribution in [2.24, 2.45) is 7.05 Å². The van der Waals surface area contributed by atoms with Crippen LogP contribution >= 0.6 is 0 Å². The summed E-state index contributed by atoms with van der Waals surface area (Å²) in [5, 5.41) is 18.1. The molecule has 1 aromatic rings. The van der Waals surface area contributed by atoms with Gasteiger partial charge in [-0.05, 0) is 19.3 Å². The van der Waals surface area contributed by atoms with Gasteiger partial charge < -0.3 is 10.4 Å². The quantitative estimate of drug-likeness (QED) is 0.676. The zero-order valence-corrected chi connectivity index (χ0v) is 10.8. The van der Waals surface area contributed by atoms with Crippen molar-refractivity contribution in [3.05, 3.63) is 11.8 Å². The molecule has 0 atom stereocenters. The third-order valence-corrected chi connectivity index (χ3v) is 2.99. The van der Waals surface area contributed by atoms with Crippen molar-refractivity contribution in [2.45, 2.75) is 31.6 Å². The lowest BCUT2D eigenvalue weighted by Crippen LogP contribution is -2.30. The highest BCUT2D eigenvalue weighted by Crippen LogP contribution is 2.39. The Morgan fingerprint density at radius 1 is 1.53 bits per heavy atom. The molecule has 2 rings (SSSR count). The first-order chi connectivity index (χ1) is 9.06. The largest absolute Gasteiger partial charge is 0.481 e. The zero-order chi connectivity index (χ0) is 13.8. The van der Waals surface area contributed by atoms with E-state index < -0.39 is 5.97 Å². The van der Waals surface area contributed by atoms with E-state index in [1.165, 1.54) is 0 Å². The van der Waals surface area contributed by atoms with Gasteiger partial charge >= 0.3 is 12.0 Å². The Morgan fingerprint density at radius 3 is 2.89 bits per heavy atom. The van der Waals surface area contributed by atoms with E-state index in [0.29, 0.717) is 24.7 Å². The number of nitrogens with one attached hydrogen (secondary N) is 2. The molecule has 0 saturated heterocycles. The number of aryl methyl sites for hydroxylation is 1. The van der Waals surface area contributed by atoms with Gasteiger partial charge in [-0.15, -0.1) is 0 Å². The molecule has 1 saturated carbocycles. The smallest absolute Gasteiger partial charge is 0.320 e. The predicted octanol–water partition coefficient (Wildman–Crippen LogP) is 1.28. The monoisotopic (exact) mass is 266 g/mol. The topological polar surface area (TPSA) is 96.3 Å². The van der Waals surface area contributed by atoms with Gasteiger partial charge in [-0.25, -0.2) is 4.79 Å². The Morgan fingerprint density at radius 2 is 2.26 bits per heavy atom. The molecule has 104 valence electrons. The van der Waals surface area contributed by atoms with E-state index in [1.54, 1.807) is 11.7 Å². The third kappa shape index (κ3) is 3.97. The first kappa shape index (κ1) is 13.4. The number of carbonyl (C=O) groups excluding carboxylic acids is 1. The fraction of sp³-hybridized carbons (Fsp3) is 0.583. The number of aromatic nitrogens is 2. The summed E-state index contributed by atoms with van der Waals surface area (Å²) in [5.41, 5.74) is 1.02. The normalized spacial score (nSPS) is 14.2. The number of carbonyl (C=O) groups is 2. The van der Waals surface area contributed by atoms with Gasteiger partial charge in [0.15, 0.2) is 0 Å². The maximum atomic E-state index is 11.6. The van der Waals surface area contributed by atoms with E-state index in [1.807, 2.05) is 6.07 Å². The molecule has 1 aromatic heterocycles. The number of amides is 2. The Hall–Kier alpha value is -2.05. The molecule has 0 unspecified atom stereocenters. The first-order valence-corrected chi connectivity index (χ1v) is 6.37. The highest BCUT2D eigenvalue weighted by molar-refractivity contribution is 5.88. The van der Waals surface area contributed by atoms with Crippen molar-refractivity contribution >= 4 is 17.8 Å². The molecule has 19 heavy (non-hydrogen) atoms. The van der Waals surface area contributed by atoms with Crippen LogP contribution in [0.4, 0.5) is 10.6 Å². The summed E-state index contributed by atoms with van der Waals surface area (Å²) in [4.78, 5) is 21.9. The molecule has 1 heterocycles. The fourth-order valence-corrected chi connectivity index (χ4v) is 1.79. The van der Waals surface area contributed by atoms with E-state index >= 15 is 0 Å². The maximum Gasteiger partial charge on any atom is 0.320 e. The molecule has 0 bridgehead atoms. The van der Waals surface area contributed by atoms with Gasteiger partial charge in [0.25, 0.3) is 0 Å². The number of carboxylic acid groups (broad SMARTS) is 1. The van der Waals surface area contributed by atoms with Crippen molar-refractivity contribution in [2.75, 3.05) is 11.9 Å². The van der Waals surface area contributed by atoms with E-state index in [9.17, 15) is 9.59 Å². The highest BCUT2D eigenvalue weighted by atomic mass is 16.4. The molecule has 3 N–H and O–H groups in total. The minimum Gasteiger partial charge on any atom is -0.481 e. The minimum absolute atomic E-state index is 0.0534. The van der Waals surface area contributed by atoms with Crippen LogP contribution in [0.15, 0.2) is 6.07 Å². The molecule has 1 aliphatic carbocycles. The highest BCUT2D eigenvalue weighted by Gasteiger charge is 2.27. The molecule has 0 aliphatic heterocycles. The van der Waals surface area contributed by atoms with Gasteiger partial charge in [0.2, 0.25) is 0 Å². The summed E-state index contributed by atoms with van der Waals surface area (Å²) in [7, 11) is 1.78. The van der Waals surface area contributed by atoms with E-state index in [2.05, 4.69) is 15.7 Å². The number of aliphatic carboxylic acids is 1. The van der Waals surface area contributed by atoms with Crippen LogP contribution in [0.5, 0.6) is 0 Å². The lowest BCUT2D eigenvalue weighted by molar-refractivity contribution is -0.137. The van der Waals surface area contributed by atoms with Crippen LogP contribution in [0, 0.1) is 0 Å². The molecule has 7 nitrogen and oxygen atoms in total. The van der Waals surface area contributed by atoms with E-state index in [-0.39, 0.29) is 12.5 Å². The van der Waals surface area contributed by atoms with Gasteiger partial charge in [0, 0.05) is 32.0 Å². The van der Waals surface area contributed by atoms with Crippen LogP contribution in [0.25, 0.3) is 0 Å². The number of anilines is 1. The standard InChI is InChI=1S/C12H18N4O3/c1-16-10(7-9(15-16)8-4-5-8)14-12(19)13-6-2-3-11(17)18/h7-8H,2-6H2,1H3,(H,17,18)(H2,13,14,19). The fourth-order valence-electron chi connectivity index (χ4n) is 1.79. The number of rotatable bonds is 6. The summed E-state index contributed by atoms with van der Waals surface area (Å²) in [6.07, 6.45) is 2.80. The van der Waals surface area contributed by atoms with Crippen molar-refractivity contribution in [1.29, 1.82) is 0 Å². The van der Waals surface area contributed by atoms with E-state index in [0.717, 1.165) is 18.5 Å². The average Bonchev–Trinajstić information content (AvgIpc) is 3.12. The summed E-state index contributed by atoms with van der Waals surface area (Å²) in [6, 6.07) is 1.55. The third-order valence-electron chi connectivity index (χ3n) is 2.99. The van der Waals surface area contributed by atoms with Gasteiger partial charge in [-0.1, -0.05) is 0 Å². The lowest BCUT2D eigenvalue weighted by Gasteiger charge is -2.06. The average molecular weight is 266 g/mol. The minimum atomic E-state index is -0.858. The van der Waals surface area contributed by atoms with Crippen LogP contribution in [-0.4, -0.2) is 33.4 Å². The van der Waals surface area contributed by atoms with Gasteiger partial charge in [0.05, 0.1) is 5.69 Å². The number of nitrogens with zero attached hydrogens (tertiary/aromatic N) is 2. The SMILES string of the molecule is Cn1nc(C2CC2)cc1NC(=O)NCCCC(=O)O. The van der Waals surface area contributed by atoms with Crippen LogP contribution in [-0.2, 0) is 11.8 Å². The number of hydrogen-bond donors (Lipinski definition) is 3. The Bertz CT molecular complexity index is 479. The Balaban J connectivity index is 1.76. The molecule has 7 heteroatoms. The van der Waals surface area contributed by atoms with Gasteiger partial charge in [-0.3, -0.25) is 14.8 Å². The molecule has 1 aliphatic rings. The van der Waals surface area contributed by atoms with Crippen molar-refractivity contribution < 1.29 is 14.7 Å². The molecule has 0 radical (unpaired) electrons. The molecule has 0 aromatic carbocycles. The molecular formula is C12H18N4O3. The second kappa shape index (κ2) is 5.73. The Labute approximate surface area is 111 Å². The van der Waals surface area contributed by atoms with Crippen LogP contribution in [0.3, 0.4) is 0 Å². The lowest BCUT2D eigenvalue weighted by atomic mass is 10.3. The second-order valence-electron chi connectivity index (χ2n) is 4.73. The van der Waals surface area contributed by atoms with Crippen molar-refractivity contribution in [3.63, 3.8) is 0 Å². The van der Waals surface area contributed by atoms with Gasteiger partial charge in [0.1, 0.15) is 5.82 Å². The number of urea groups is 1. The van der Waals surface area contributed by atoms with Crippen molar-refractivity contribution in [1.82, 2.24) is 15.1 Å². The molecule has 2 amide bonds. The second-order valence-corrected chi connectivity index (χ2v) is 4.73. The first-order valence-electron chi connectivity index (χ1n) is 6.37. The Kier molecular flexibility index (Phi) is 4.03. The summed E-state index contributed by atoms with van der Waals surface area (Å²) in [5.74, 6) is 0.334. The molecule has 0 spiro atoms. The van der Waals surface area contributed by atoms with Crippen molar-refractivity contribution in [3.8, 4) is 0 Å².